The Balaban J connectivity index is 1.79. The average Bonchev–Trinajstić information content (AvgIpc) is 3.23. The van der Waals surface area contributed by atoms with Crippen LogP contribution in [0.1, 0.15) is 48.2 Å². The molecule has 0 amide bonds. The zero-order valence-electron chi connectivity index (χ0n) is 11.8. The van der Waals surface area contributed by atoms with Gasteiger partial charge in [-0.2, -0.15) is 0 Å². The Bertz CT molecular complexity index is 642. The molecule has 1 aliphatic carbocycles. The monoisotopic (exact) mass is 265 g/mol. The molecule has 4 rings (SSSR count). The number of nitrogens with zero attached hydrogens (tertiary/aromatic N) is 2. The lowest BCUT2D eigenvalue weighted by atomic mass is 10.1. The summed E-state index contributed by atoms with van der Waals surface area (Å²) in [7, 11) is 0. The SMILES string of the molecule is CCc1ccc(-c2nc3c(c(C4CC4)n2)CNC3)cc1. The average molecular weight is 265 g/mol. The second-order valence-corrected chi connectivity index (χ2v) is 5.79. The van der Waals surface area contributed by atoms with Crippen molar-refractivity contribution in [1.82, 2.24) is 15.3 Å². The van der Waals surface area contributed by atoms with Crippen LogP contribution in [0.5, 0.6) is 0 Å². The molecule has 1 aromatic heterocycles. The molecule has 1 aliphatic heterocycles. The van der Waals surface area contributed by atoms with Gasteiger partial charge in [0, 0.05) is 30.1 Å². The van der Waals surface area contributed by atoms with E-state index in [1.807, 2.05) is 0 Å². The highest BCUT2D eigenvalue weighted by Gasteiger charge is 2.31. The van der Waals surface area contributed by atoms with Crippen molar-refractivity contribution in [3.8, 4) is 11.4 Å². The molecule has 0 spiro atoms. The number of rotatable bonds is 3. The van der Waals surface area contributed by atoms with Crippen molar-refractivity contribution in [3.63, 3.8) is 0 Å². The molecule has 3 heteroatoms. The molecule has 2 heterocycles. The van der Waals surface area contributed by atoms with Crippen LogP contribution in [0.25, 0.3) is 11.4 Å². The van der Waals surface area contributed by atoms with Crippen LogP contribution in [0.4, 0.5) is 0 Å². The predicted molar refractivity (Wildman–Crippen MR) is 79.4 cm³/mol. The highest BCUT2D eigenvalue weighted by Crippen LogP contribution is 2.42. The number of nitrogens with one attached hydrogen (secondary N) is 1. The van der Waals surface area contributed by atoms with Crippen molar-refractivity contribution in [1.29, 1.82) is 0 Å². The van der Waals surface area contributed by atoms with Crippen molar-refractivity contribution < 1.29 is 0 Å². The minimum absolute atomic E-state index is 0.681. The first-order valence-electron chi connectivity index (χ1n) is 7.55. The summed E-state index contributed by atoms with van der Waals surface area (Å²) in [5.74, 6) is 1.58. The Morgan fingerprint density at radius 2 is 1.90 bits per heavy atom. The number of fused-ring (bicyclic) bond motifs is 1. The van der Waals surface area contributed by atoms with E-state index in [2.05, 4.69) is 36.5 Å². The van der Waals surface area contributed by atoms with Gasteiger partial charge in [0.05, 0.1) is 11.4 Å². The van der Waals surface area contributed by atoms with E-state index in [4.69, 9.17) is 9.97 Å². The number of aromatic nitrogens is 2. The van der Waals surface area contributed by atoms with E-state index in [9.17, 15) is 0 Å². The standard InChI is InChI=1S/C17H19N3/c1-2-11-3-5-13(6-4-11)17-19-15-10-18-9-14(15)16(20-17)12-7-8-12/h3-6,12,18H,2,7-10H2,1H3. The van der Waals surface area contributed by atoms with Gasteiger partial charge in [0.1, 0.15) is 0 Å². The van der Waals surface area contributed by atoms with E-state index in [0.29, 0.717) is 5.92 Å². The summed E-state index contributed by atoms with van der Waals surface area (Å²) in [6.07, 6.45) is 3.65. The minimum atomic E-state index is 0.681. The van der Waals surface area contributed by atoms with Gasteiger partial charge in [-0.15, -0.1) is 0 Å². The van der Waals surface area contributed by atoms with Gasteiger partial charge in [0.15, 0.2) is 5.82 Å². The van der Waals surface area contributed by atoms with E-state index in [0.717, 1.165) is 30.9 Å². The molecule has 1 aromatic carbocycles. The smallest absolute Gasteiger partial charge is 0.159 e. The van der Waals surface area contributed by atoms with Gasteiger partial charge >= 0.3 is 0 Å². The molecule has 3 nitrogen and oxygen atoms in total. The second kappa shape index (κ2) is 4.67. The molecule has 20 heavy (non-hydrogen) atoms. The Morgan fingerprint density at radius 3 is 2.60 bits per heavy atom. The number of benzene rings is 1. The summed E-state index contributed by atoms with van der Waals surface area (Å²) >= 11 is 0. The lowest BCUT2D eigenvalue weighted by Crippen LogP contribution is -2.02. The van der Waals surface area contributed by atoms with E-state index >= 15 is 0 Å². The molecule has 0 atom stereocenters. The van der Waals surface area contributed by atoms with Gasteiger partial charge in [-0.1, -0.05) is 31.2 Å². The molecule has 2 aliphatic rings. The highest BCUT2D eigenvalue weighted by atomic mass is 15.0. The molecule has 2 aromatic rings. The Hall–Kier alpha value is -1.74. The Kier molecular flexibility index (Phi) is 2.81. The quantitative estimate of drug-likeness (QED) is 0.926. The van der Waals surface area contributed by atoms with Crippen molar-refractivity contribution in [2.24, 2.45) is 0 Å². The van der Waals surface area contributed by atoms with E-state index in [-0.39, 0.29) is 0 Å². The molecule has 1 saturated carbocycles. The number of hydrogen-bond acceptors (Lipinski definition) is 3. The molecule has 0 saturated heterocycles. The number of hydrogen-bond donors (Lipinski definition) is 1. The van der Waals surface area contributed by atoms with E-state index in [1.54, 1.807) is 0 Å². The van der Waals surface area contributed by atoms with Crippen LogP contribution in [0.2, 0.25) is 0 Å². The van der Waals surface area contributed by atoms with Crippen LogP contribution in [0, 0.1) is 0 Å². The van der Waals surface area contributed by atoms with Gasteiger partial charge in [0.25, 0.3) is 0 Å². The van der Waals surface area contributed by atoms with Crippen LogP contribution >= 0.6 is 0 Å². The summed E-state index contributed by atoms with van der Waals surface area (Å²) in [6.45, 7) is 4.01. The van der Waals surface area contributed by atoms with Crippen LogP contribution in [0.15, 0.2) is 24.3 Å². The van der Waals surface area contributed by atoms with Crippen LogP contribution in [-0.2, 0) is 19.5 Å². The zero-order valence-corrected chi connectivity index (χ0v) is 11.8. The maximum Gasteiger partial charge on any atom is 0.159 e. The molecule has 1 N–H and O–H groups in total. The highest BCUT2D eigenvalue weighted by molar-refractivity contribution is 5.57. The van der Waals surface area contributed by atoms with Gasteiger partial charge in [-0.05, 0) is 24.8 Å². The summed E-state index contributed by atoms with van der Waals surface area (Å²) in [6, 6.07) is 8.67. The largest absolute Gasteiger partial charge is 0.307 e. The van der Waals surface area contributed by atoms with E-state index in [1.165, 1.54) is 35.4 Å². The maximum absolute atomic E-state index is 4.88. The first-order valence-corrected chi connectivity index (χ1v) is 7.55. The van der Waals surface area contributed by atoms with Crippen LogP contribution in [0.3, 0.4) is 0 Å². The normalized spacial score (nSPS) is 17.2. The Labute approximate surface area is 119 Å². The van der Waals surface area contributed by atoms with Gasteiger partial charge in [-0.25, -0.2) is 9.97 Å². The van der Waals surface area contributed by atoms with Crippen LogP contribution in [-0.4, -0.2) is 9.97 Å². The predicted octanol–water partition coefficient (Wildman–Crippen LogP) is 3.19. The molecule has 0 bridgehead atoms. The van der Waals surface area contributed by atoms with Crippen molar-refractivity contribution >= 4 is 0 Å². The molecule has 102 valence electrons. The zero-order chi connectivity index (χ0) is 13.5. The summed E-state index contributed by atoms with van der Waals surface area (Å²) in [5, 5.41) is 3.41. The maximum atomic E-state index is 4.88. The summed E-state index contributed by atoms with van der Waals surface area (Å²) in [4.78, 5) is 9.66. The third-order valence-corrected chi connectivity index (χ3v) is 4.30. The molecule has 0 radical (unpaired) electrons. The lowest BCUT2D eigenvalue weighted by molar-refractivity contribution is 0.755. The van der Waals surface area contributed by atoms with Crippen molar-refractivity contribution in [2.45, 2.75) is 45.2 Å². The Morgan fingerprint density at radius 1 is 1.10 bits per heavy atom. The first-order chi connectivity index (χ1) is 9.85. The minimum Gasteiger partial charge on any atom is -0.307 e. The third-order valence-electron chi connectivity index (χ3n) is 4.30. The fourth-order valence-electron chi connectivity index (χ4n) is 2.91. The molecular formula is C17H19N3. The summed E-state index contributed by atoms with van der Waals surface area (Å²) in [5.41, 5.74) is 6.37. The molecule has 1 fully saturated rings. The van der Waals surface area contributed by atoms with Crippen LogP contribution < -0.4 is 5.32 Å². The summed E-state index contributed by atoms with van der Waals surface area (Å²) < 4.78 is 0. The molecular weight excluding hydrogens is 246 g/mol. The molecule has 0 unspecified atom stereocenters. The second-order valence-electron chi connectivity index (χ2n) is 5.79. The fraction of sp³-hybridized carbons (Fsp3) is 0.412. The van der Waals surface area contributed by atoms with Gasteiger partial charge < -0.3 is 5.32 Å². The lowest BCUT2D eigenvalue weighted by Gasteiger charge is -2.09. The van der Waals surface area contributed by atoms with Gasteiger partial charge in [0.2, 0.25) is 0 Å². The van der Waals surface area contributed by atoms with E-state index < -0.39 is 0 Å². The first kappa shape index (κ1) is 12.0. The third kappa shape index (κ3) is 2.02. The topological polar surface area (TPSA) is 37.8 Å². The fourth-order valence-corrected chi connectivity index (χ4v) is 2.91. The number of aryl methyl sites for hydroxylation is 1. The van der Waals surface area contributed by atoms with Crippen molar-refractivity contribution in [2.75, 3.05) is 0 Å². The van der Waals surface area contributed by atoms with Gasteiger partial charge in [-0.3, -0.25) is 0 Å². The van der Waals surface area contributed by atoms with Crippen molar-refractivity contribution in [3.05, 3.63) is 46.8 Å².